The molecule has 0 aliphatic carbocycles. The Balaban J connectivity index is 3.49. The highest BCUT2D eigenvalue weighted by Crippen LogP contribution is 1.83. The Morgan fingerprint density at radius 2 is 2.29 bits per heavy atom. The molecule has 0 unspecified atom stereocenters. The van der Waals surface area contributed by atoms with Crippen molar-refractivity contribution in [1.29, 1.82) is 0 Å². The van der Waals surface area contributed by atoms with Gasteiger partial charge < -0.3 is 15.7 Å². The summed E-state index contributed by atoms with van der Waals surface area (Å²) >= 11 is 0. The molecule has 5 heteroatoms. The Morgan fingerprint density at radius 1 is 1.50 bits per heavy atom. The van der Waals surface area contributed by atoms with Gasteiger partial charge >= 0.3 is 0 Å². The minimum atomic E-state index is 0.0361. The van der Waals surface area contributed by atoms with Gasteiger partial charge in [0.25, 0.3) is 0 Å². The first kappa shape index (κ1) is 13.1. The van der Waals surface area contributed by atoms with Gasteiger partial charge in [-0.15, -0.1) is 0 Å². The average molecular weight is 201 g/mol. The zero-order chi connectivity index (χ0) is 10.6. The van der Waals surface area contributed by atoms with E-state index in [2.05, 4.69) is 17.0 Å². The first-order valence-corrected chi connectivity index (χ1v) is 4.80. The largest absolute Gasteiger partial charge is 0.396 e. The van der Waals surface area contributed by atoms with Crippen molar-refractivity contribution >= 4 is 11.9 Å². The monoisotopic (exact) mass is 201 g/mol. The topological polar surface area (TPSA) is 80.2 Å². The van der Waals surface area contributed by atoms with E-state index in [0.717, 1.165) is 13.0 Å². The lowest BCUT2D eigenvalue weighted by Crippen LogP contribution is -2.07. The number of hydrazone groups is 1. The molecule has 0 fully saturated rings. The van der Waals surface area contributed by atoms with Crippen molar-refractivity contribution < 1.29 is 9.84 Å². The SMILES string of the molecule is CCCOCCN=C/C(CCO)=N\N. The molecule has 0 saturated carbocycles. The highest BCUT2D eigenvalue weighted by atomic mass is 16.5. The third-order valence-electron chi connectivity index (χ3n) is 1.49. The molecular formula is C9H19N3O2. The van der Waals surface area contributed by atoms with Gasteiger partial charge in [0.05, 0.1) is 18.9 Å². The molecule has 0 amide bonds. The summed E-state index contributed by atoms with van der Waals surface area (Å²) in [5, 5.41) is 12.1. The zero-order valence-corrected chi connectivity index (χ0v) is 8.65. The van der Waals surface area contributed by atoms with E-state index < -0.39 is 0 Å². The first-order valence-electron chi connectivity index (χ1n) is 4.80. The molecule has 0 aliphatic rings. The number of nitrogens with two attached hydrogens (primary N) is 1. The Morgan fingerprint density at radius 3 is 2.86 bits per heavy atom. The van der Waals surface area contributed by atoms with Gasteiger partial charge in [-0.1, -0.05) is 6.92 Å². The third-order valence-corrected chi connectivity index (χ3v) is 1.49. The molecule has 0 saturated heterocycles. The maximum atomic E-state index is 8.62. The summed E-state index contributed by atoms with van der Waals surface area (Å²) in [6.45, 7) is 4.08. The normalized spacial score (nSPS) is 12.6. The van der Waals surface area contributed by atoms with Crippen molar-refractivity contribution in [2.24, 2.45) is 15.9 Å². The molecular weight excluding hydrogens is 182 g/mol. The summed E-state index contributed by atoms with van der Waals surface area (Å²) in [7, 11) is 0. The van der Waals surface area contributed by atoms with E-state index in [4.69, 9.17) is 15.7 Å². The summed E-state index contributed by atoms with van der Waals surface area (Å²) < 4.78 is 5.22. The Hall–Kier alpha value is -0.940. The van der Waals surface area contributed by atoms with E-state index >= 15 is 0 Å². The van der Waals surface area contributed by atoms with Crippen molar-refractivity contribution in [3.63, 3.8) is 0 Å². The molecule has 0 spiro atoms. The summed E-state index contributed by atoms with van der Waals surface area (Å²) in [6.07, 6.45) is 3.03. The van der Waals surface area contributed by atoms with Crippen LogP contribution in [0.15, 0.2) is 10.1 Å². The molecule has 0 aromatic carbocycles. The third kappa shape index (κ3) is 7.70. The Labute approximate surface area is 84.7 Å². The molecule has 0 aliphatic heterocycles. The van der Waals surface area contributed by atoms with Crippen LogP contribution < -0.4 is 5.84 Å². The number of hydrogen-bond donors (Lipinski definition) is 2. The molecule has 0 radical (unpaired) electrons. The van der Waals surface area contributed by atoms with Crippen LogP contribution in [0.25, 0.3) is 0 Å². The fraction of sp³-hybridized carbons (Fsp3) is 0.778. The number of hydrogen-bond acceptors (Lipinski definition) is 5. The first-order chi connectivity index (χ1) is 6.85. The maximum Gasteiger partial charge on any atom is 0.0801 e. The second-order valence-electron chi connectivity index (χ2n) is 2.74. The lowest BCUT2D eigenvalue weighted by molar-refractivity contribution is 0.142. The number of nitrogens with zero attached hydrogens (tertiary/aromatic N) is 2. The second-order valence-corrected chi connectivity index (χ2v) is 2.74. The highest BCUT2D eigenvalue weighted by Gasteiger charge is 1.92. The predicted molar refractivity (Wildman–Crippen MR) is 57.8 cm³/mol. The molecule has 14 heavy (non-hydrogen) atoms. The van der Waals surface area contributed by atoms with Crippen LogP contribution in [-0.4, -0.2) is 43.4 Å². The van der Waals surface area contributed by atoms with E-state index in [-0.39, 0.29) is 6.61 Å². The van der Waals surface area contributed by atoms with Crippen LogP contribution >= 0.6 is 0 Å². The molecule has 0 aromatic heterocycles. The predicted octanol–water partition coefficient (Wildman–Crippen LogP) is 0.181. The minimum absolute atomic E-state index is 0.0361. The minimum Gasteiger partial charge on any atom is -0.396 e. The van der Waals surface area contributed by atoms with Crippen LogP contribution in [-0.2, 0) is 4.74 Å². The van der Waals surface area contributed by atoms with Gasteiger partial charge in [-0.25, -0.2) is 0 Å². The van der Waals surface area contributed by atoms with Crippen LogP contribution in [0.3, 0.4) is 0 Å². The summed E-state index contributed by atoms with van der Waals surface area (Å²) in [5.41, 5.74) is 0.600. The number of aliphatic hydroxyl groups is 1. The molecule has 0 heterocycles. The van der Waals surface area contributed by atoms with Crippen molar-refractivity contribution in [1.82, 2.24) is 0 Å². The van der Waals surface area contributed by atoms with E-state index in [1.54, 1.807) is 6.21 Å². The Bertz CT molecular complexity index is 181. The lowest BCUT2D eigenvalue weighted by Gasteiger charge is -1.98. The van der Waals surface area contributed by atoms with Gasteiger partial charge in [0, 0.05) is 25.8 Å². The quantitative estimate of drug-likeness (QED) is 0.254. The lowest BCUT2D eigenvalue weighted by atomic mass is 10.3. The average Bonchev–Trinajstić information content (AvgIpc) is 2.21. The summed E-state index contributed by atoms with van der Waals surface area (Å²) in [4.78, 5) is 4.06. The number of rotatable bonds is 8. The van der Waals surface area contributed by atoms with E-state index in [9.17, 15) is 0 Å². The number of aliphatic imine (C=N–C) groups is 1. The van der Waals surface area contributed by atoms with Gasteiger partial charge in [-0.05, 0) is 6.42 Å². The van der Waals surface area contributed by atoms with Crippen LogP contribution in [0.1, 0.15) is 19.8 Å². The molecule has 3 N–H and O–H groups in total. The van der Waals surface area contributed by atoms with E-state index in [1.165, 1.54) is 0 Å². The van der Waals surface area contributed by atoms with Gasteiger partial charge in [0.15, 0.2) is 0 Å². The van der Waals surface area contributed by atoms with Crippen LogP contribution in [0.5, 0.6) is 0 Å². The summed E-state index contributed by atoms with van der Waals surface area (Å²) in [6, 6.07) is 0. The highest BCUT2D eigenvalue weighted by molar-refractivity contribution is 6.30. The van der Waals surface area contributed by atoms with Crippen molar-refractivity contribution in [3.05, 3.63) is 0 Å². The second kappa shape index (κ2) is 10.1. The molecule has 82 valence electrons. The van der Waals surface area contributed by atoms with E-state index in [0.29, 0.717) is 25.3 Å². The maximum absolute atomic E-state index is 8.62. The van der Waals surface area contributed by atoms with Crippen LogP contribution in [0.2, 0.25) is 0 Å². The van der Waals surface area contributed by atoms with Crippen molar-refractivity contribution in [2.45, 2.75) is 19.8 Å². The van der Waals surface area contributed by atoms with Gasteiger partial charge in [-0.2, -0.15) is 5.10 Å². The van der Waals surface area contributed by atoms with Crippen LogP contribution in [0.4, 0.5) is 0 Å². The molecule has 0 bridgehead atoms. The van der Waals surface area contributed by atoms with Gasteiger partial charge in [0.1, 0.15) is 0 Å². The smallest absolute Gasteiger partial charge is 0.0801 e. The summed E-state index contributed by atoms with van der Waals surface area (Å²) in [5.74, 6) is 5.08. The fourth-order valence-electron chi connectivity index (χ4n) is 0.811. The van der Waals surface area contributed by atoms with E-state index in [1.807, 2.05) is 0 Å². The standard InChI is InChI=1S/C9H19N3O2/c1-2-6-14-7-4-11-8-9(12-10)3-5-13/h8,13H,2-7,10H2,1H3/b11-8?,12-9-. The molecule has 0 aromatic rings. The number of ether oxygens (including phenoxy) is 1. The molecule has 5 nitrogen and oxygen atoms in total. The Kier molecular flexibility index (Phi) is 9.46. The zero-order valence-electron chi connectivity index (χ0n) is 8.65. The fourth-order valence-corrected chi connectivity index (χ4v) is 0.811. The van der Waals surface area contributed by atoms with Crippen molar-refractivity contribution in [3.8, 4) is 0 Å². The number of aliphatic hydroxyl groups excluding tert-OH is 1. The van der Waals surface area contributed by atoms with Crippen LogP contribution in [0, 0.1) is 0 Å². The van der Waals surface area contributed by atoms with Gasteiger partial charge in [0.2, 0.25) is 0 Å². The molecule has 0 atom stereocenters. The van der Waals surface area contributed by atoms with Crippen molar-refractivity contribution in [2.75, 3.05) is 26.4 Å². The molecule has 0 rings (SSSR count). The van der Waals surface area contributed by atoms with Gasteiger partial charge in [-0.3, -0.25) is 4.99 Å².